The van der Waals surface area contributed by atoms with Gasteiger partial charge in [0.25, 0.3) is 0 Å². The largest absolute Gasteiger partial charge is 0.379 e. The number of hydrogen-bond acceptors (Lipinski definition) is 1. The van der Waals surface area contributed by atoms with Gasteiger partial charge in [-0.1, -0.05) is 18.2 Å². The lowest BCUT2D eigenvalue weighted by Gasteiger charge is -2.11. The molecule has 0 aliphatic rings. The third kappa shape index (κ3) is 2.67. The molecule has 0 atom stereocenters. The SMILES string of the molecule is Cc1cccc(CNc2cc(F)ccc2F)c1C. The number of anilines is 1. The molecule has 1 nitrogen and oxygen atoms in total. The normalized spacial score (nSPS) is 10.4. The Morgan fingerprint density at radius 1 is 1.06 bits per heavy atom. The predicted molar refractivity (Wildman–Crippen MR) is 69.6 cm³/mol. The summed E-state index contributed by atoms with van der Waals surface area (Å²) in [7, 11) is 0. The van der Waals surface area contributed by atoms with Crippen LogP contribution in [0.25, 0.3) is 0 Å². The third-order valence-electron chi connectivity index (χ3n) is 3.11. The van der Waals surface area contributed by atoms with Crippen LogP contribution in [-0.2, 0) is 6.54 Å². The lowest BCUT2D eigenvalue weighted by molar-refractivity contribution is 0.602. The Hall–Kier alpha value is -1.90. The Balaban J connectivity index is 2.16. The Morgan fingerprint density at radius 2 is 1.83 bits per heavy atom. The maximum absolute atomic E-state index is 13.4. The number of rotatable bonds is 3. The van der Waals surface area contributed by atoms with Gasteiger partial charge in [0, 0.05) is 6.54 Å². The molecule has 2 aromatic rings. The summed E-state index contributed by atoms with van der Waals surface area (Å²) < 4.78 is 26.4. The molecule has 0 heterocycles. The van der Waals surface area contributed by atoms with Crippen LogP contribution in [0.15, 0.2) is 36.4 Å². The molecule has 0 bridgehead atoms. The van der Waals surface area contributed by atoms with Crippen molar-refractivity contribution in [2.75, 3.05) is 5.32 Å². The van der Waals surface area contributed by atoms with E-state index in [2.05, 4.69) is 5.32 Å². The van der Waals surface area contributed by atoms with Crippen LogP contribution in [-0.4, -0.2) is 0 Å². The molecule has 1 N–H and O–H groups in total. The molecule has 0 fully saturated rings. The molecule has 18 heavy (non-hydrogen) atoms. The molecule has 0 saturated carbocycles. The van der Waals surface area contributed by atoms with Gasteiger partial charge in [0.2, 0.25) is 0 Å². The van der Waals surface area contributed by atoms with E-state index in [-0.39, 0.29) is 5.69 Å². The smallest absolute Gasteiger partial charge is 0.146 e. The first-order valence-corrected chi connectivity index (χ1v) is 5.82. The molecule has 0 radical (unpaired) electrons. The van der Waals surface area contributed by atoms with Crippen LogP contribution in [0.3, 0.4) is 0 Å². The van der Waals surface area contributed by atoms with Gasteiger partial charge in [-0.2, -0.15) is 0 Å². The van der Waals surface area contributed by atoms with E-state index in [0.717, 1.165) is 17.7 Å². The quantitative estimate of drug-likeness (QED) is 0.857. The molecule has 2 rings (SSSR count). The highest BCUT2D eigenvalue weighted by molar-refractivity contribution is 5.46. The number of hydrogen-bond donors (Lipinski definition) is 1. The van der Waals surface area contributed by atoms with Gasteiger partial charge in [-0.25, -0.2) is 8.78 Å². The van der Waals surface area contributed by atoms with Crippen molar-refractivity contribution < 1.29 is 8.78 Å². The Labute approximate surface area is 105 Å². The second-order valence-corrected chi connectivity index (χ2v) is 4.34. The molecule has 0 aromatic heterocycles. The summed E-state index contributed by atoms with van der Waals surface area (Å²) in [4.78, 5) is 0. The Kier molecular flexibility index (Phi) is 3.60. The summed E-state index contributed by atoms with van der Waals surface area (Å²) in [5, 5.41) is 2.92. The summed E-state index contributed by atoms with van der Waals surface area (Å²) in [5.41, 5.74) is 3.63. The summed E-state index contributed by atoms with van der Waals surface area (Å²) in [6, 6.07) is 9.37. The van der Waals surface area contributed by atoms with Gasteiger partial charge in [-0.15, -0.1) is 0 Å². The summed E-state index contributed by atoms with van der Waals surface area (Å²) in [5.74, 6) is -0.887. The second-order valence-electron chi connectivity index (χ2n) is 4.34. The van der Waals surface area contributed by atoms with Gasteiger partial charge in [0.1, 0.15) is 11.6 Å². The van der Waals surface area contributed by atoms with Crippen molar-refractivity contribution in [2.45, 2.75) is 20.4 Å². The number of halogens is 2. The van der Waals surface area contributed by atoms with Gasteiger partial charge in [0.05, 0.1) is 5.69 Å². The van der Waals surface area contributed by atoms with Crippen molar-refractivity contribution in [2.24, 2.45) is 0 Å². The van der Waals surface area contributed by atoms with Crippen LogP contribution in [0.4, 0.5) is 14.5 Å². The minimum Gasteiger partial charge on any atom is -0.379 e. The van der Waals surface area contributed by atoms with Crippen molar-refractivity contribution in [3.63, 3.8) is 0 Å². The van der Waals surface area contributed by atoms with Crippen molar-refractivity contribution in [3.8, 4) is 0 Å². The van der Waals surface area contributed by atoms with E-state index in [1.165, 1.54) is 17.2 Å². The van der Waals surface area contributed by atoms with Crippen LogP contribution in [0.5, 0.6) is 0 Å². The van der Waals surface area contributed by atoms with Crippen molar-refractivity contribution in [1.82, 2.24) is 0 Å². The molecule has 0 aliphatic heterocycles. The highest BCUT2D eigenvalue weighted by Crippen LogP contribution is 2.18. The van der Waals surface area contributed by atoms with Crippen molar-refractivity contribution in [1.29, 1.82) is 0 Å². The fraction of sp³-hybridized carbons (Fsp3) is 0.200. The van der Waals surface area contributed by atoms with Crippen molar-refractivity contribution in [3.05, 3.63) is 64.7 Å². The Bertz CT molecular complexity index is 562. The molecule has 0 unspecified atom stereocenters. The first kappa shape index (κ1) is 12.6. The summed E-state index contributed by atoms with van der Waals surface area (Å²) in [6.45, 7) is 4.53. The zero-order valence-electron chi connectivity index (χ0n) is 10.4. The molecule has 0 amide bonds. The molecule has 0 aliphatic carbocycles. The van der Waals surface area contributed by atoms with E-state index in [1.807, 2.05) is 32.0 Å². The lowest BCUT2D eigenvalue weighted by Crippen LogP contribution is -2.04. The fourth-order valence-corrected chi connectivity index (χ4v) is 1.83. The van der Waals surface area contributed by atoms with Gasteiger partial charge in [0.15, 0.2) is 0 Å². The Morgan fingerprint density at radius 3 is 2.61 bits per heavy atom. The van der Waals surface area contributed by atoms with E-state index in [0.29, 0.717) is 6.54 Å². The van der Waals surface area contributed by atoms with E-state index < -0.39 is 11.6 Å². The third-order valence-corrected chi connectivity index (χ3v) is 3.11. The first-order valence-electron chi connectivity index (χ1n) is 5.82. The van der Waals surface area contributed by atoms with E-state index in [4.69, 9.17) is 0 Å². The van der Waals surface area contributed by atoms with Crippen LogP contribution in [0.1, 0.15) is 16.7 Å². The minimum absolute atomic E-state index is 0.191. The van der Waals surface area contributed by atoms with E-state index in [1.54, 1.807) is 0 Å². The van der Waals surface area contributed by atoms with Gasteiger partial charge in [-0.3, -0.25) is 0 Å². The summed E-state index contributed by atoms with van der Waals surface area (Å²) in [6.07, 6.45) is 0. The lowest BCUT2D eigenvalue weighted by atomic mass is 10.0. The van der Waals surface area contributed by atoms with Crippen LogP contribution >= 0.6 is 0 Å². The van der Waals surface area contributed by atoms with Crippen LogP contribution in [0, 0.1) is 25.5 Å². The first-order chi connectivity index (χ1) is 8.58. The fourth-order valence-electron chi connectivity index (χ4n) is 1.83. The molecule has 94 valence electrons. The highest BCUT2D eigenvalue weighted by atomic mass is 19.1. The maximum atomic E-state index is 13.4. The number of aryl methyl sites for hydroxylation is 1. The highest BCUT2D eigenvalue weighted by Gasteiger charge is 2.05. The van der Waals surface area contributed by atoms with E-state index >= 15 is 0 Å². The number of benzene rings is 2. The van der Waals surface area contributed by atoms with Crippen molar-refractivity contribution >= 4 is 5.69 Å². The molecule has 2 aromatic carbocycles. The van der Waals surface area contributed by atoms with Gasteiger partial charge < -0.3 is 5.32 Å². The average Bonchev–Trinajstić information content (AvgIpc) is 2.35. The van der Waals surface area contributed by atoms with Crippen LogP contribution in [0.2, 0.25) is 0 Å². The number of nitrogens with one attached hydrogen (secondary N) is 1. The zero-order valence-corrected chi connectivity index (χ0v) is 10.4. The standard InChI is InChI=1S/C15H15F2N/c1-10-4-3-5-12(11(10)2)9-18-15-8-13(16)6-7-14(15)17/h3-8,18H,9H2,1-2H3. The average molecular weight is 247 g/mol. The van der Waals surface area contributed by atoms with Gasteiger partial charge in [-0.05, 0) is 48.7 Å². The molecule has 0 spiro atoms. The molecular formula is C15H15F2N. The van der Waals surface area contributed by atoms with Crippen LogP contribution < -0.4 is 5.32 Å². The molecule has 3 heteroatoms. The predicted octanol–water partition coefficient (Wildman–Crippen LogP) is 4.19. The van der Waals surface area contributed by atoms with E-state index in [9.17, 15) is 8.78 Å². The topological polar surface area (TPSA) is 12.0 Å². The maximum Gasteiger partial charge on any atom is 0.146 e. The molecular weight excluding hydrogens is 232 g/mol. The molecule has 0 saturated heterocycles. The monoisotopic (exact) mass is 247 g/mol. The minimum atomic E-state index is -0.445. The second kappa shape index (κ2) is 5.17. The zero-order chi connectivity index (χ0) is 13.1. The summed E-state index contributed by atoms with van der Waals surface area (Å²) >= 11 is 0. The van der Waals surface area contributed by atoms with Gasteiger partial charge >= 0.3 is 0 Å².